The van der Waals surface area contributed by atoms with Crippen molar-refractivity contribution in [2.75, 3.05) is 33.2 Å². The van der Waals surface area contributed by atoms with Crippen molar-refractivity contribution in [3.05, 3.63) is 35.4 Å². The number of nitrogens with one attached hydrogen (secondary N) is 2. The molecule has 0 aliphatic carbocycles. The lowest BCUT2D eigenvalue weighted by atomic mass is 10.1. The van der Waals surface area contributed by atoms with Crippen LogP contribution in [0.4, 0.5) is 0 Å². The van der Waals surface area contributed by atoms with Crippen molar-refractivity contribution >= 4 is 0 Å². The van der Waals surface area contributed by atoms with Gasteiger partial charge < -0.3 is 10.6 Å². The second kappa shape index (κ2) is 6.15. The van der Waals surface area contributed by atoms with Crippen LogP contribution >= 0.6 is 0 Å². The third-order valence-electron chi connectivity index (χ3n) is 3.49. The van der Waals surface area contributed by atoms with E-state index < -0.39 is 0 Å². The molecule has 94 valence electrons. The Bertz CT molecular complexity index is 328. The smallest absolute Gasteiger partial charge is 0.0859 e. The number of hydrogen-bond acceptors (Lipinski definition) is 3. The monoisotopic (exact) mass is 233 g/mol. The van der Waals surface area contributed by atoms with Gasteiger partial charge in [0.25, 0.3) is 0 Å². The molecule has 1 aliphatic heterocycles. The quantitative estimate of drug-likeness (QED) is 0.822. The average molecular weight is 233 g/mol. The molecule has 1 aromatic carbocycles. The summed E-state index contributed by atoms with van der Waals surface area (Å²) >= 11 is 0. The molecule has 2 rings (SSSR count). The minimum atomic E-state index is 0.350. The number of aryl methyl sites for hydroxylation is 1. The van der Waals surface area contributed by atoms with Gasteiger partial charge in [-0.1, -0.05) is 31.2 Å². The van der Waals surface area contributed by atoms with E-state index in [0.717, 1.165) is 32.6 Å². The minimum absolute atomic E-state index is 0.350. The van der Waals surface area contributed by atoms with Crippen molar-refractivity contribution in [3.63, 3.8) is 0 Å². The number of nitrogens with zero attached hydrogens (tertiary/aromatic N) is 1. The zero-order chi connectivity index (χ0) is 12.1. The highest BCUT2D eigenvalue weighted by atomic mass is 15.3. The molecular formula is C14H23N3. The molecule has 1 unspecified atom stereocenters. The Hall–Kier alpha value is -0.900. The minimum Gasteiger partial charge on any atom is -0.314 e. The summed E-state index contributed by atoms with van der Waals surface area (Å²) in [6.07, 6.45) is 1.46. The van der Waals surface area contributed by atoms with Gasteiger partial charge >= 0.3 is 0 Å². The first-order chi connectivity index (χ1) is 8.35. The van der Waals surface area contributed by atoms with Gasteiger partial charge in [-0.15, -0.1) is 0 Å². The normalized spacial score (nSPS) is 19.2. The van der Waals surface area contributed by atoms with E-state index in [4.69, 9.17) is 0 Å². The van der Waals surface area contributed by atoms with E-state index in [-0.39, 0.29) is 0 Å². The molecule has 0 saturated carbocycles. The van der Waals surface area contributed by atoms with E-state index in [1.807, 2.05) is 7.05 Å². The molecule has 1 fully saturated rings. The Kier molecular flexibility index (Phi) is 4.54. The largest absolute Gasteiger partial charge is 0.314 e. The summed E-state index contributed by atoms with van der Waals surface area (Å²) in [5.41, 5.74) is 2.77. The highest BCUT2D eigenvalue weighted by Gasteiger charge is 2.19. The first-order valence-electron chi connectivity index (χ1n) is 6.56. The van der Waals surface area contributed by atoms with Gasteiger partial charge in [-0.2, -0.15) is 0 Å². The van der Waals surface area contributed by atoms with Gasteiger partial charge in [0, 0.05) is 26.2 Å². The number of rotatable bonds is 4. The predicted molar refractivity (Wildman–Crippen MR) is 72.1 cm³/mol. The second-order valence-corrected chi connectivity index (χ2v) is 4.57. The van der Waals surface area contributed by atoms with Crippen LogP contribution in [0.5, 0.6) is 0 Å². The Morgan fingerprint density at radius 2 is 1.88 bits per heavy atom. The molecule has 1 saturated heterocycles. The standard InChI is InChI=1S/C14H23N3/c1-3-12-4-6-13(7-5-12)14(15-2)17-10-8-16-9-11-17/h4-7,14-16H,3,8-11H2,1-2H3. The lowest BCUT2D eigenvalue weighted by Gasteiger charge is -2.35. The summed E-state index contributed by atoms with van der Waals surface area (Å²) in [6.45, 7) is 6.60. The van der Waals surface area contributed by atoms with E-state index in [2.05, 4.69) is 46.7 Å². The molecule has 1 aromatic rings. The van der Waals surface area contributed by atoms with E-state index in [0.29, 0.717) is 6.17 Å². The summed E-state index contributed by atoms with van der Waals surface area (Å²) in [5, 5.41) is 6.82. The number of piperazine rings is 1. The van der Waals surface area contributed by atoms with E-state index in [1.54, 1.807) is 0 Å². The third kappa shape index (κ3) is 3.06. The summed E-state index contributed by atoms with van der Waals surface area (Å²) in [5.74, 6) is 0. The number of hydrogen-bond donors (Lipinski definition) is 2. The summed E-state index contributed by atoms with van der Waals surface area (Å²) in [7, 11) is 2.04. The van der Waals surface area contributed by atoms with Crippen molar-refractivity contribution in [2.24, 2.45) is 0 Å². The van der Waals surface area contributed by atoms with Crippen LogP contribution in [0.2, 0.25) is 0 Å². The molecular weight excluding hydrogens is 210 g/mol. The van der Waals surface area contributed by atoms with Crippen LogP contribution in [0.25, 0.3) is 0 Å². The first kappa shape index (κ1) is 12.6. The van der Waals surface area contributed by atoms with E-state index in [9.17, 15) is 0 Å². The maximum Gasteiger partial charge on any atom is 0.0859 e. The fourth-order valence-corrected chi connectivity index (χ4v) is 2.44. The van der Waals surface area contributed by atoms with Crippen molar-refractivity contribution in [1.29, 1.82) is 0 Å². The van der Waals surface area contributed by atoms with Crippen LogP contribution in [0.3, 0.4) is 0 Å². The molecule has 1 heterocycles. The fraction of sp³-hybridized carbons (Fsp3) is 0.571. The lowest BCUT2D eigenvalue weighted by molar-refractivity contribution is 0.153. The van der Waals surface area contributed by atoms with Gasteiger partial charge in [0.1, 0.15) is 0 Å². The third-order valence-corrected chi connectivity index (χ3v) is 3.49. The van der Waals surface area contributed by atoms with E-state index in [1.165, 1.54) is 11.1 Å². The molecule has 0 aromatic heterocycles. The van der Waals surface area contributed by atoms with Crippen LogP contribution in [-0.4, -0.2) is 38.1 Å². The van der Waals surface area contributed by atoms with Crippen molar-refractivity contribution in [3.8, 4) is 0 Å². The summed E-state index contributed by atoms with van der Waals surface area (Å²) in [4.78, 5) is 2.50. The highest BCUT2D eigenvalue weighted by Crippen LogP contribution is 2.18. The molecule has 17 heavy (non-hydrogen) atoms. The maximum atomic E-state index is 3.42. The average Bonchev–Trinajstić information content (AvgIpc) is 2.42. The van der Waals surface area contributed by atoms with Gasteiger partial charge in [0.05, 0.1) is 6.17 Å². The van der Waals surface area contributed by atoms with Crippen LogP contribution in [-0.2, 0) is 6.42 Å². The summed E-state index contributed by atoms with van der Waals surface area (Å²) in [6, 6.07) is 8.98. The molecule has 3 heteroatoms. The Morgan fingerprint density at radius 1 is 1.24 bits per heavy atom. The van der Waals surface area contributed by atoms with E-state index >= 15 is 0 Å². The molecule has 1 atom stereocenters. The van der Waals surface area contributed by atoms with Crippen LogP contribution in [0, 0.1) is 0 Å². The zero-order valence-corrected chi connectivity index (χ0v) is 10.9. The molecule has 0 bridgehead atoms. The number of benzene rings is 1. The van der Waals surface area contributed by atoms with Crippen LogP contribution < -0.4 is 10.6 Å². The molecule has 3 nitrogen and oxygen atoms in total. The molecule has 0 amide bonds. The molecule has 0 radical (unpaired) electrons. The van der Waals surface area contributed by atoms with Crippen molar-refractivity contribution in [2.45, 2.75) is 19.5 Å². The zero-order valence-electron chi connectivity index (χ0n) is 10.9. The SMILES string of the molecule is CCc1ccc(C(NC)N2CCNCC2)cc1. The fourth-order valence-electron chi connectivity index (χ4n) is 2.44. The van der Waals surface area contributed by atoms with Gasteiger partial charge in [0.15, 0.2) is 0 Å². The van der Waals surface area contributed by atoms with Gasteiger partial charge in [-0.25, -0.2) is 0 Å². The van der Waals surface area contributed by atoms with Crippen LogP contribution in [0.1, 0.15) is 24.2 Å². The van der Waals surface area contributed by atoms with Gasteiger partial charge in [0.2, 0.25) is 0 Å². The van der Waals surface area contributed by atoms with Gasteiger partial charge in [-0.05, 0) is 24.6 Å². The topological polar surface area (TPSA) is 27.3 Å². The van der Waals surface area contributed by atoms with Crippen molar-refractivity contribution < 1.29 is 0 Å². The maximum absolute atomic E-state index is 3.42. The van der Waals surface area contributed by atoms with Gasteiger partial charge in [-0.3, -0.25) is 4.90 Å². The highest BCUT2D eigenvalue weighted by molar-refractivity contribution is 5.24. The Morgan fingerprint density at radius 3 is 2.41 bits per heavy atom. The van der Waals surface area contributed by atoms with Crippen molar-refractivity contribution in [1.82, 2.24) is 15.5 Å². The molecule has 1 aliphatic rings. The molecule has 0 spiro atoms. The molecule has 2 N–H and O–H groups in total. The van der Waals surface area contributed by atoms with Crippen LogP contribution in [0.15, 0.2) is 24.3 Å². The Labute approximate surface area is 104 Å². The first-order valence-corrected chi connectivity index (χ1v) is 6.56. The Balaban J connectivity index is 2.10. The predicted octanol–water partition coefficient (Wildman–Crippen LogP) is 1.37. The lowest BCUT2D eigenvalue weighted by Crippen LogP contribution is -2.48. The second-order valence-electron chi connectivity index (χ2n) is 4.57. The summed E-state index contributed by atoms with van der Waals surface area (Å²) < 4.78 is 0.